The van der Waals surface area contributed by atoms with Crippen LogP contribution >= 0.6 is 0 Å². The molecule has 1 aromatic carbocycles. The standard InChI is InChI=1S/C13H19NO4S/c1-4-9-14-13(15)10(2)18-11-5-7-12(8-6-11)19(3,16)17/h5-8,10H,4,9H2,1-3H3,(H,14,15)/t10-/m0/s1. The molecule has 0 radical (unpaired) electrons. The van der Waals surface area contributed by atoms with Gasteiger partial charge < -0.3 is 10.1 Å². The van der Waals surface area contributed by atoms with Gasteiger partial charge in [-0.25, -0.2) is 8.42 Å². The smallest absolute Gasteiger partial charge is 0.260 e. The van der Waals surface area contributed by atoms with E-state index in [9.17, 15) is 13.2 Å². The summed E-state index contributed by atoms with van der Waals surface area (Å²) in [6, 6.07) is 6.00. The summed E-state index contributed by atoms with van der Waals surface area (Å²) < 4.78 is 28.0. The highest BCUT2D eigenvalue weighted by atomic mass is 32.2. The third-order valence-electron chi connectivity index (χ3n) is 2.48. The molecule has 1 N–H and O–H groups in total. The second kappa shape index (κ2) is 6.56. The maximum Gasteiger partial charge on any atom is 0.260 e. The number of ether oxygens (including phenoxy) is 1. The Morgan fingerprint density at radius 3 is 2.37 bits per heavy atom. The van der Waals surface area contributed by atoms with Gasteiger partial charge in [-0.15, -0.1) is 0 Å². The second-order valence-corrected chi connectivity index (χ2v) is 6.31. The Morgan fingerprint density at radius 2 is 1.89 bits per heavy atom. The Bertz CT molecular complexity index is 522. The molecule has 0 aliphatic heterocycles. The third-order valence-corrected chi connectivity index (χ3v) is 3.61. The van der Waals surface area contributed by atoms with Gasteiger partial charge in [0.1, 0.15) is 5.75 Å². The zero-order valence-corrected chi connectivity index (χ0v) is 12.2. The molecule has 0 unspecified atom stereocenters. The van der Waals surface area contributed by atoms with E-state index in [4.69, 9.17) is 4.74 Å². The van der Waals surface area contributed by atoms with E-state index < -0.39 is 15.9 Å². The Kier molecular flexibility index (Phi) is 5.35. The molecule has 6 heteroatoms. The van der Waals surface area contributed by atoms with Crippen LogP contribution in [0.4, 0.5) is 0 Å². The Hall–Kier alpha value is -1.56. The molecule has 0 saturated heterocycles. The SMILES string of the molecule is CCCNC(=O)[C@H](C)Oc1ccc(S(C)(=O)=O)cc1. The van der Waals surface area contributed by atoms with Crippen LogP contribution < -0.4 is 10.1 Å². The van der Waals surface area contributed by atoms with Gasteiger partial charge in [0.25, 0.3) is 5.91 Å². The lowest BCUT2D eigenvalue weighted by Gasteiger charge is -2.14. The van der Waals surface area contributed by atoms with Crippen LogP contribution in [-0.2, 0) is 14.6 Å². The quantitative estimate of drug-likeness (QED) is 0.857. The van der Waals surface area contributed by atoms with Crippen molar-refractivity contribution in [3.63, 3.8) is 0 Å². The molecule has 1 amide bonds. The van der Waals surface area contributed by atoms with Gasteiger partial charge in [-0.2, -0.15) is 0 Å². The number of nitrogens with one attached hydrogen (secondary N) is 1. The largest absolute Gasteiger partial charge is 0.481 e. The minimum atomic E-state index is -3.21. The van der Waals surface area contributed by atoms with Gasteiger partial charge in [0, 0.05) is 12.8 Å². The van der Waals surface area contributed by atoms with Crippen LogP contribution in [0.15, 0.2) is 29.2 Å². The molecule has 1 aromatic rings. The number of carbonyl (C=O) groups is 1. The fraction of sp³-hybridized carbons (Fsp3) is 0.462. The molecule has 0 bridgehead atoms. The van der Waals surface area contributed by atoms with E-state index in [0.29, 0.717) is 12.3 Å². The monoisotopic (exact) mass is 285 g/mol. The summed E-state index contributed by atoms with van der Waals surface area (Å²) in [5.41, 5.74) is 0. The van der Waals surface area contributed by atoms with E-state index in [1.54, 1.807) is 19.1 Å². The van der Waals surface area contributed by atoms with Crippen molar-refractivity contribution in [1.29, 1.82) is 0 Å². The fourth-order valence-electron chi connectivity index (χ4n) is 1.41. The highest BCUT2D eigenvalue weighted by Gasteiger charge is 2.14. The van der Waals surface area contributed by atoms with Gasteiger partial charge in [-0.05, 0) is 37.6 Å². The lowest BCUT2D eigenvalue weighted by atomic mass is 10.3. The number of rotatable bonds is 6. The summed E-state index contributed by atoms with van der Waals surface area (Å²) in [5, 5.41) is 2.73. The van der Waals surface area contributed by atoms with Crippen LogP contribution in [0.1, 0.15) is 20.3 Å². The molecule has 106 valence electrons. The van der Waals surface area contributed by atoms with E-state index >= 15 is 0 Å². The first-order valence-corrected chi connectivity index (χ1v) is 7.98. The predicted molar refractivity (Wildman–Crippen MR) is 72.9 cm³/mol. The molecule has 0 aromatic heterocycles. The molecule has 0 saturated carbocycles. The van der Waals surface area contributed by atoms with Crippen molar-refractivity contribution in [3.05, 3.63) is 24.3 Å². The predicted octanol–water partition coefficient (Wildman–Crippen LogP) is 1.38. The number of hydrogen-bond acceptors (Lipinski definition) is 4. The average molecular weight is 285 g/mol. The first-order valence-electron chi connectivity index (χ1n) is 6.09. The molecular formula is C13H19NO4S. The Labute approximate surface area is 113 Å². The second-order valence-electron chi connectivity index (χ2n) is 4.29. The Morgan fingerprint density at radius 1 is 1.32 bits per heavy atom. The summed E-state index contributed by atoms with van der Waals surface area (Å²) in [5.74, 6) is 0.278. The van der Waals surface area contributed by atoms with Gasteiger partial charge >= 0.3 is 0 Å². The molecule has 0 aliphatic rings. The molecular weight excluding hydrogens is 266 g/mol. The maximum absolute atomic E-state index is 11.6. The highest BCUT2D eigenvalue weighted by molar-refractivity contribution is 7.90. The van der Waals surface area contributed by atoms with E-state index in [0.717, 1.165) is 12.7 Å². The molecule has 0 fully saturated rings. The lowest BCUT2D eigenvalue weighted by Crippen LogP contribution is -2.36. The first kappa shape index (κ1) is 15.5. The van der Waals surface area contributed by atoms with Crippen LogP contribution in [0.3, 0.4) is 0 Å². The maximum atomic E-state index is 11.6. The number of benzene rings is 1. The van der Waals surface area contributed by atoms with E-state index in [2.05, 4.69) is 5.32 Å². The van der Waals surface area contributed by atoms with Gasteiger partial charge in [-0.3, -0.25) is 4.79 Å². The summed E-state index contributed by atoms with van der Waals surface area (Å²) >= 11 is 0. The topological polar surface area (TPSA) is 72.5 Å². The van der Waals surface area contributed by atoms with Crippen molar-refractivity contribution >= 4 is 15.7 Å². The average Bonchev–Trinajstić information content (AvgIpc) is 2.35. The van der Waals surface area contributed by atoms with Crippen molar-refractivity contribution in [3.8, 4) is 5.75 Å². The minimum absolute atomic E-state index is 0.186. The normalized spacial score (nSPS) is 12.8. The van der Waals surface area contributed by atoms with Crippen LogP contribution in [0.25, 0.3) is 0 Å². The Balaban J connectivity index is 2.65. The van der Waals surface area contributed by atoms with Crippen LogP contribution in [0, 0.1) is 0 Å². The molecule has 0 aliphatic carbocycles. The van der Waals surface area contributed by atoms with Gasteiger partial charge in [0.05, 0.1) is 4.90 Å². The zero-order valence-electron chi connectivity index (χ0n) is 11.3. The van der Waals surface area contributed by atoms with Gasteiger partial charge in [0.15, 0.2) is 15.9 Å². The van der Waals surface area contributed by atoms with Crippen molar-refractivity contribution < 1.29 is 17.9 Å². The molecule has 0 spiro atoms. The number of carbonyl (C=O) groups excluding carboxylic acids is 1. The minimum Gasteiger partial charge on any atom is -0.481 e. The molecule has 19 heavy (non-hydrogen) atoms. The van der Waals surface area contributed by atoms with Crippen molar-refractivity contribution in [2.75, 3.05) is 12.8 Å². The molecule has 5 nitrogen and oxygen atoms in total. The fourth-order valence-corrected chi connectivity index (χ4v) is 2.05. The number of hydrogen-bond donors (Lipinski definition) is 1. The molecule has 1 rings (SSSR count). The van der Waals surface area contributed by atoms with E-state index in [1.807, 2.05) is 6.92 Å². The summed E-state index contributed by atoms with van der Waals surface area (Å²) in [6.45, 7) is 4.23. The van der Waals surface area contributed by atoms with Gasteiger partial charge in [-0.1, -0.05) is 6.92 Å². The van der Waals surface area contributed by atoms with Crippen molar-refractivity contribution in [1.82, 2.24) is 5.32 Å². The molecule has 1 atom stereocenters. The van der Waals surface area contributed by atoms with Crippen LogP contribution in [0.2, 0.25) is 0 Å². The van der Waals surface area contributed by atoms with E-state index in [1.165, 1.54) is 12.1 Å². The zero-order chi connectivity index (χ0) is 14.5. The number of amides is 1. The highest BCUT2D eigenvalue weighted by Crippen LogP contribution is 2.17. The van der Waals surface area contributed by atoms with Gasteiger partial charge in [0.2, 0.25) is 0 Å². The van der Waals surface area contributed by atoms with Crippen LogP contribution in [-0.4, -0.2) is 33.2 Å². The first-order chi connectivity index (χ1) is 8.84. The summed E-state index contributed by atoms with van der Waals surface area (Å²) in [6.07, 6.45) is 1.39. The van der Waals surface area contributed by atoms with E-state index in [-0.39, 0.29) is 10.8 Å². The van der Waals surface area contributed by atoms with Crippen LogP contribution in [0.5, 0.6) is 5.75 Å². The molecule has 0 heterocycles. The lowest BCUT2D eigenvalue weighted by molar-refractivity contribution is -0.127. The summed E-state index contributed by atoms with van der Waals surface area (Å²) in [4.78, 5) is 11.8. The summed E-state index contributed by atoms with van der Waals surface area (Å²) in [7, 11) is -3.21. The van der Waals surface area contributed by atoms with Crippen molar-refractivity contribution in [2.45, 2.75) is 31.3 Å². The van der Waals surface area contributed by atoms with Crippen molar-refractivity contribution in [2.24, 2.45) is 0 Å². The third kappa shape index (κ3) is 4.90. The number of sulfone groups is 1.